The van der Waals surface area contributed by atoms with Crippen molar-refractivity contribution in [3.63, 3.8) is 0 Å². The highest BCUT2D eigenvalue weighted by molar-refractivity contribution is 6.82. The largest absolute Gasteiger partial charge is 0.521 e. The summed E-state index contributed by atoms with van der Waals surface area (Å²) in [6.07, 6.45) is 0. The fourth-order valence-electron chi connectivity index (χ4n) is 5.56. The van der Waals surface area contributed by atoms with Crippen LogP contribution in [0.2, 0.25) is 98.2 Å². The number of hydrogen-bond donors (Lipinski definition) is 0. The summed E-state index contributed by atoms with van der Waals surface area (Å²) in [4.78, 5) is 2.22. The first kappa shape index (κ1) is 38.5. The van der Waals surface area contributed by atoms with Crippen molar-refractivity contribution in [1.82, 2.24) is 0 Å². The number of benzene rings is 3. The Hall–Kier alpha value is -1.96. The molecular weight excluding hydrogens is 675 g/mol. The van der Waals surface area contributed by atoms with E-state index in [1.807, 2.05) is 36.4 Å². The van der Waals surface area contributed by atoms with Crippen molar-refractivity contribution in [3.05, 3.63) is 72.8 Å². The van der Waals surface area contributed by atoms with Crippen LogP contribution in [0.5, 0.6) is 17.2 Å². The molecule has 0 saturated heterocycles. The van der Waals surface area contributed by atoms with Crippen molar-refractivity contribution in [2.45, 2.75) is 98.2 Å². The molecule has 0 N–H and O–H groups in total. The summed E-state index contributed by atoms with van der Waals surface area (Å²) in [5.74, 6) is 2.45. The number of nitrogens with zero attached hydrogens (tertiary/aromatic N) is 1. The van der Waals surface area contributed by atoms with Crippen LogP contribution in [-0.2, 0) is 12.3 Å². The van der Waals surface area contributed by atoms with Gasteiger partial charge in [-0.3, -0.25) is 0 Å². The highest BCUT2D eigenvalue weighted by Crippen LogP contribution is 2.38. The molecule has 7 nitrogen and oxygen atoms in total. The lowest BCUT2D eigenvalue weighted by atomic mass is 10.2. The summed E-state index contributed by atoms with van der Waals surface area (Å²) in [7, 11) is -12.1. The first-order chi connectivity index (χ1) is 20.8. The van der Waals surface area contributed by atoms with Crippen molar-refractivity contribution in [2.75, 3.05) is 4.90 Å². The molecule has 3 rings (SSSR count). The Morgan fingerprint density at radius 3 is 0.696 bits per heavy atom. The smallest absolute Gasteiger partial charge is 0.382 e. The fourth-order valence-corrected chi connectivity index (χ4v) is 25.9. The van der Waals surface area contributed by atoms with E-state index < -0.39 is 50.6 Å². The molecule has 0 aliphatic heterocycles. The third-order valence-electron chi connectivity index (χ3n) is 6.03. The van der Waals surface area contributed by atoms with Crippen molar-refractivity contribution >= 4 is 67.7 Å². The van der Waals surface area contributed by atoms with E-state index in [2.05, 4.69) is 140 Å². The van der Waals surface area contributed by atoms with E-state index in [-0.39, 0.29) is 0 Å². The van der Waals surface area contributed by atoms with E-state index in [9.17, 15) is 0 Å². The van der Waals surface area contributed by atoms with Gasteiger partial charge in [0.25, 0.3) is 0 Å². The Kier molecular flexibility index (Phi) is 11.9. The van der Waals surface area contributed by atoms with E-state index in [0.717, 1.165) is 34.3 Å². The maximum Gasteiger partial charge on any atom is 0.382 e. The van der Waals surface area contributed by atoms with Gasteiger partial charge in [0.05, 0.1) is 0 Å². The van der Waals surface area contributed by atoms with Gasteiger partial charge in [0, 0.05) is 17.1 Å². The predicted molar refractivity (Wildman–Crippen MR) is 209 cm³/mol. The van der Waals surface area contributed by atoms with Gasteiger partial charge in [-0.2, -0.15) is 0 Å². The minimum absolute atomic E-state index is 0.815. The molecule has 0 aliphatic carbocycles. The average molecular weight is 732 g/mol. The van der Waals surface area contributed by atoms with Gasteiger partial charge in [-0.15, -0.1) is 0 Å². The van der Waals surface area contributed by atoms with E-state index in [4.69, 9.17) is 25.6 Å². The molecule has 0 fully saturated rings. The van der Waals surface area contributed by atoms with Gasteiger partial charge in [0.15, 0.2) is 25.0 Å². The third-order valence-corrected chi connectivity index (χ3v) is 21.5. The van der Waals surface area contributed by atoms with E-state index in [1.54, 1.807) is 0 Å². The SMILES string of the molecule is C[Si](C)(C)O[Si](C)(C)Oc1ccc(N(c2ccc(O[Si](C)(C)O[Si](C)(C)C)cc2)c2ccc(O[Si](C)(C)O[Si](C)(C)C)cc2)cc1. The van der Waals surface area contributed by atoms with Crippen LogP contribution in [0, 0.1) is 0 Å². The van der Waals surface area contributed by atoms with Gasteiger partial charge in [0.1, 0.15) is 17.2 Å². The molecule has 3 aromatic rings. The number of rotatable bonds is 15. The minimum atomic E-state index is -2.32. The second kappa shape index (κ2) is 14.3. The quantitative estimate of drug-likeness (QED) is 0.144. The van der Waals surface area contributed by atoms with Crippen LogP contribution in [-0.4, -0.2) is 50.6 Å². The maximum absolute atomic E-state index is 6.41. The highest BCUT2D eigenvalue weighted by atomic mass is 28.4. The van der Waals surface area contributed by atoms with Crippen LogP contribution in [0.4, 0.5) is 17.1 Å². The Bertz CT molecular complexity index is 1240. The lowest BCUT2D eigenvalue weighted by molar-refractivity contribution is 0.396. The summed E-state index contributed by atoms with van der Waals surface area (Å²) >= 11 is 0. The second-order valence-electron chi connectivity index (χ2n) is 16.0. The molecule has 0 aliphatic rings. The number of anilines is 3. The molecule has 0 aromatic heterocycles. The van der Waals surface area contributed by atoms with E-state index in [1.165, 1.54) is 0 Å². The average Bonchev–Trinajstić information content (AvgIpc) is 2.82. The van der Waals surface area contributed by atoms with E-state index >= 15 is 0 Å². The first-order valence-corrected chi connectivity index (χ1v) is 34.8. The lowest BCUT2D eigenvalue weighted by Gasteiger charge is -2.32. The Balaban J connectivity index is 1.94. The summed E-state index contributed by atoms with van der Waals surface area (Å²) in [6, 6.07) is 24.8. The molecule has 0 spiro atoms. The highest BCUT2D eigenvalue weighted by Gasteiger charge is 2.35. The summed E-state index contributed by atoms with van der Waals surface area (Å²) in [5, 5.41) is 0. The van der Waals surface area contributed by atoms with Gasteiger partial charge >= 0.3 is 25.7 Å². The molecule has 0 bridgehead atoms. The zero-order chi connectivity index (χ0) is 34.8. The van der Waals surface area contributed by atoms with Gasteiger partial charge < -0.3 is 30.5 Å². The predicted octanol–water partition coefficient (Wildman–Crippen LogP) is 11.0. The Labute approximate surface area is 285 Å². The van der Waals surface area contributed by atoms with Crippen molar-refractivity contribution < 1.29 is 25.6 Å². The topological polar surface area (TPSA) is 58.6 Å². The van der Waals surface area contributed by atoms with E-state index in [0.29, 0.717) is 0 Å². The monoisotopic (exact) mass is 731 g/mol. The van der Waals surface area contributed by atoms with Crippen LogP contribution >= 0.6 is 0 Å². The van der Waals surface area contributed by atoms with Crippen LogP contribution in [0.15, 0.2) is 72.8 Å². The molecule has 0 atom stereocenters. The molecule has 0 heterocycles. The summed E-state index contributed by atoms with van der Waals surface area (Å²) in [5.41, 5.74) is 3.02. The van der Waals surface area contributed by atoms with Crippen LogP contribution in [0.3, 0.4) is 0 Å². The van der Waals surface area contributed by atoms with Crippen molar-refractivity contribution in [1.29, 1.82) is 0 Å². The summed E-state index contributed by atoms with van der Waals surface area (Å²) < 4.78 is 38.4. The maximum atomic E-state index is 6.41. The van der Waals surface area contributed by atoms with Gasteiger partial charge in [0.2, 0.25) is 0 Å². The molecule has 254 valence electrons. The molecule has 46 heavy (non-hydrogen) atoms. The Morgan fingerprint density at radius 2 is 0.522 bits per heavy atom. The second-order valence-corrected chi connectivity index (χ2v) is 40.1. The van der Waals surface area contributed by atoms with Crippen LogP contribution in [0.25, 0.3) is 0 Å². The summed E-state index contributed by atoms with van der Waals surface area (Å²) in [6.45, 7) is 32.4. The normalized spacial score (nSPS) is 13.4. The third kappa shape index (κ3) is 13.3. The Morgan fingerprint density at radius 1 is 0.326 bits per heavy atom. The molecule has 0 radical (unpaired) electrons. The molecular formula is C33H57NO6Si6. The zero-order valence-electron chi connectivity index (χ0n) is 30.8. The first-order valence-electron chi connectivity index (χ1n) is 16.1. The molecule has 0 amide bonds. The minimum Gasteiger partial charge on any atom is -0.521 e. The van der Waals surface area contributed by atoms with Gasteiger partial charge in [-0.05, 0) is 171 Å². The standard InChI is InChI=1S/C33H57NO6Si6/c1-41(2,3)38-44(10,11)35-31-22-16-28(17-23-31)34(29-18-24-32(25-19-29)36-45(12,13)39-42(4,5)6)30-20-26-33(27-21-30)37-46(14,15)40-43(7,8)9/h16-27H,1-15H3. The van der Waals surface area contributed by atoms with Crippen molar-refractivity contribution in [3.8, 4) is 17.2 Å². The zero-order valence-corrected chi connectivity index (χ0v) is 36.8. The molecule has 0 unspecified atom stereocenters. The van der Waals surface area contributed by atoms with Gasteiger partial charge in [-0.25, -0.2) is 0 Å². The lowest BCUT2D eigenvalue weighted by Crippen LogP contribution is -2.47. The van der Waals surface area contributed by atoms with Gasteiger partial charge in [-0.1, -0.05) is 0 Å². The molecule has 0 saturated carbocycles. The fraction of sp³-hybridized carbons (Fsp3) is 0.455. The molecule has 13 heteroatoms. The van der Waals surface area contributed by atoms with Crippen molar-refractivity contribution in [2.24, 2.45) is 0 Å². The van der Waals surface area contributed by atoms with Crippen LogP contribution < -0.4 is 18.2 Å². The number of hydrogen-bond acceptors (Lipinski definition) is 7. The molecule has 3 aromatic carbocycles. The van der Waals surface area contributed by atoms with Crippen LogP contribution in [0.1, 0.15) is 0 Å².